The van der Waals surface area contributed by atoms with Gasteiger partial charge in [-0.05, 0) is 32.1 Å². The van der Waals surface area contributed by atoms with Gasteiger partial charge in [-0.2, -0.15) is 5.10 Å². The van der Waals surface area contributed by atoms with Crippen LogP contribution in [-0.4, -0.2) is 44.1 Å². The van der Waals surface area contributed by atoms with E-state index in [4.69, 9.17) is 0 Å². The van der Waals surface area contributed by atoms with Crippen LogP contribution < -0.4 is 0 Å². The summed E-state index contributed by atoms with van der Waals surface area (Å²) in [7, 11) is 0. The number of rotatable bonds is 3. The van der Waals surface area contributed by atoms with Crippen LogP contribution in [0.25, 0.3) is 11.3 Å². The first kappa shape index (κ1) is 14.7. The van der Waals surface area contributed by atoms with E-state index < -0.39 is 0 Å². The average molecular weight is 299 g/mol. The Hall–Kier alpha value is -2.24. The van der Waals surface area contributed by atoms with Gasteiger partial charge in [0.15, 0.2) is 0 Å². The maximum absolute atomic E-state index is 11.6. The van der Waals surface area contributed by atoms with E-state index in [0.717, 1.165) is 55.0 Å². The average Bonchev–Trinajstić information content (AvgIpc) is 2.94. The molecule has 1 N–H and O–H groups in total. The van der Waals surface area contributed by atoms with E-state index in [1.54, 1.807) is 25.5 Å². The van der Waals surface area contributed by atoms with Crippen LogP contribution in [-0.2, 0) is 11.2 Å². The number of aryl methyl sites for hydroxylation is 1. The van der Waals surface area contributed by atoms with Crippen molar-refractivity contribution in [3.63, 3.8) is 0 Å². The molecule has 0 aromatic carbocycles. The Morgan fingerprint density at radius 2 is 2.23 bits per heavy atom. The van der Waals surface area contributed by atoms with Gasteiger partial charge in [0.05, 0.1) is 17.6 Å². The molecule has 1 amide bonds. The number of carbonyl (C=O) groups is 1. The Labute approximate surface area is 130 Å². The quantitative estimate of drug-likeness (QED) is 0.940. The Balaban J connectivity index is 1.81. The minimum atomic E-state index is 0.162. The maximum atomic E-state index is 11.6. The van der Waals surface area contributed by atoms with Crippen molar-refractivity contribution < 1.29 is 4.79 Å². The van der Waals surface area contributed by atoms with Crippen molar-refractivity contribution in [3.8, 4) is 11.3 Å². The molecule has 6 heteroatoms. The minimum absolute atomic E-state index is 0.162. The molecule has 3 rings (SSSR count). The number of nitrogens with one attached hydrogen (secondary N) is 1. The molecule has 0 saturated carbocycles. The van der Waals surface area contributed by atoms with Crippen LogP contribution in [0.15, 0.2) is 18.6 Å². The van der Waals surface area contributed by atoms with E-state index in [2.05, 4.69) is 20.2 Å². The third-order valence-corrected chi connectivity index (χ3v) is 4.31. The minimum Gasteiger partial charge on any atom is -0.343 e. The van der Waals surface area contributed by atoms with E-state index in [9.17, 15) is 4.79 Å². The van der Waals surface area contributed by atoms with E-state index in [-0.39, 0.29) is 5.91 Å². The fourth-order valence-electron chi connectivity index (χ4n) is 3.12. The third-order valence-electron chi connectivity index (χ3n) is 4.31. The van der Waals surface area contributed by atoms with E-state index >= 15 is 0 Å². The Kier molecular flexibility index (Phi) is 4.18. The Morgan fingerprint density at radius 3 is 2.95 bits per heavy atom. The number of nitrogens with zero attached hydrogens (tertiary/aromatic N) is 4. The molecule has 1 aliphatic rings. The smallest absolute Gasteiger partial charge is 0.219 e. The van der Waals surface area contributed by atoms with Gasteiger partial charge in [0.25, 0.3) is 0 Å². The number of piperidine rings is 1. The summed E-state index contributed by atoms with van der Waals surface area (Å²) < 4.78 is 0. The van der Waals surface area contributed by atoms with Gasteiger partial charge in [0.2, 0.25) is 5.91 Å². The molecule has 6 nitrogen and oxygen atoms in total. The van der Waals surface area contributed by atoms with Gasteiger partial charge >= 0.3 is 0 Å². The first-order valence-corrected chi connectivity index (χ1v) is 7.71. The largest absolute Gasteiger partial charge is 0.343 e. The summed E-state index contributed by atoms with van der Waals surface area (Å²) in [6, 6.07) is 0. The van der Waals surface area contributed by atoms with Gasteiger partial charge in [-0.3, -0.25) is 19.9 Å². The van der Waals surface area contributed by atoms with Gasteiger partial charge in [0, 0.05) is 43.7 Å². The zero-order chi connectivity index (χ0) is 15.5. The molecule has 2 aromatic rings. The number of hydrogen-bond acceptors (Lipinski definition) is 4. The normalized spacial score (nSPS) is 18.5. The molecule has 22 heavy (non-hydrogen) atoms. The van der Waals surface area contributed by atoms with Crippen molar-refractivity contribution in [2.75, 3.05) is 13.1 Å². The first-order chi connectivity index (χ1) is 10.6. The molecule has 0 aliphatic carbocycles. The monoisotopic (exact) mass is 299 g/mol. The van der Waals surface area contributed by atoms with Gasteiger partial charge in [-0.15, -0.1) is 0 Å². The highest BCUT2D eigenvalue weighted by atomic mass is 16.2. The molecule has 1 fully saturated rings. The molecule has 0 bridgehead atoms. The second-order valence-corrected chi connectivity index (χ2v) is 5.94. The molecule has 0 unspecified atom stereocenters. The van der Waals surface area contributed by atoms with Crippen LogP contribution in [0.2, 0.25) is 0 Å². The Bertz CT molecular complexity index is 666. The fraction of sp³-hybridized carbons (Fsp3) is 0.500. The fourth-order valence-corrected chi connectivity index (χ4v) is 3.12. The lowest BCUT2D eigenvalue weighted by Crippen LogP contribution is -2.39. The second kappa shape index (κ2) is 6.25. The maximum Gasteiger partial charge on any atom is 0.219 e. The number of carbonyl (C=O) groups excluding carboxylic acids is 1. The number of H-pyrrole nitrogens is 1. The first-order valence-electron chi connectivity index (χ1n) is 7.71. The van der Waals surface area contributed by atoms with Crippen LogP contribution in [0.5, 0.6) is 0 Å². The van der Waals surface area contributed by atoms with Crippen LogP contribution >= 0.6 is 0 Å². The summed E-state index contributed by atoms with van der Waals surface area (Å²) in [5, 5.41) is 7.02. The summed E-state index contributed by atoms with van der Waals surface area (Å²) in [4.78, 5) is 22.5. The van der Waals surface area contributed by atoms with Gasteiger partial charge in [-0.25, -0.2) is 0 Å². The van der Waals surface area contributed by atoms with E-state index in [1.807, 2.05) is 11.8 Å². The molecular formula is C16H21N5O. The topological polar surface area (TPSA) is 74.8 Å². The predicted molar refractivity (Wildman–Crippen MR) is 83.0 cm³/mol. The number of hydrogen-bond donors (Lipinski definition) is 1. The second-order valence-electron chi connectivity index (χ2n) is 5.94. The summed E-state index contributed by atoms with van der Waals surface area (Å²) in [5.41, 5.74) is 3.88. The number of likely N-dealkylation sites (tertiary alicyclic amines) is 1. The summed E-state index contributed by atoms with van der Waals surface area (Å²) in [6.45, 7) is 5.32. The lowest BCUT2D eigenvalue weighted by atomic mass is 9.92. The molecule has 3 heterocycles. The lowest BCUT2D eigenvalue weighted by molar-refractivity contribution is -0.130. The van der Waals surface area contributed by atoms with Crippen LogP contribution in [0.3, 0.4) is 0 Å². The SMILES string of the molecule is CC(=O)N1CCC[C@@H](Cc2nccnc2-c2cn[nH]c2C)C1. The van der Waals surface area contributed by atoms with E-state index in [1.165, 1.54) is 0 Å². The zero-order valence-electron chi connectivity index (χ0n) is 13.0. The van der Waals surface area contributed by atoms with Gasteiger partial charge < -0.3 is 4.90 Å². The van der Waals surface area contributed by atoms with Gasteiger partial charge in [-0.1, -0.05) is 0 Å². The molecule has 0 radical (unpaired) electrons. The standard InChI is InChI=1S/C16H21N5O/c1-11-14(9-19-20-11)16-15(17-5-6-18-16)8-13-4-3-7-21(10-13)12(2)22/h5-6,9,13H,3-4,7-8,10H2,1-2H3,(H,19,20)/t13-/m0/s1. The highest BCUT2D eigenvalue weighted by molar-refractivity contribution is 5.73. The van der Waals surface area contributed by atoms with Crippen LogP contribution in [0.1, 0.15) is 31.2 Å². The van der Waals surface area contributed by atoms with Crippen LogP contribution in [0, 0.1) is 12.8 Å². The molecule has 1 aliphatic heterocycles. The number of amides is 1. The van der Waals surface area contributed by atoms with E-state index in [0.29, 0.717) is 5.92 Å². The molecule has 0 spiro atoms. The highest BCUT2D eigenvalue weighted by Crippen LogP contribution is 2.26. The van der Waals surface area contributed by atoms with Crippen molar-refractivity contribution >= 4 is 5.91 Å². The summed E-state index contributed by atoms with van der Waals surface area (Å²) in [5.74, 6) is 0.607. The summed E-state index contributed by atoms with van der Waals surface area (Å²) in [6.07, 6.45) is 8.28. The highest BCUT2D eigenvalue weighted by Gasteiger charge is 2.23. The predicted octanol–water partition coefficient (Wildman–Crippen LogP) is 1.98. The van der Waals surface area contributed by atoms with Crippen molar-refractivity contribution in [2.24, 2.45) is 5.92 Å². The third kappa shape index (κ3) is 3.00. The van der Waals surface area contributed by atoms with Crippen molar-refractivity contribution in [1.82, 2.24) is 25.1 Å². The molecule has 1 saturated heterocycles. The molecular weight excluding hydrogens is 278 g/mol. The Morgan fingerprint density at radius 1 is 1.41 bits per heavy atom. The zero-order valence-corrected chi connectivity index (χ0v) is 13.0. The molecule has 2 aromatic heterocycles. The van der Waals surface area contributed by atoms with Crippen LogP contribution in [0.4, 0.5) is 0 Å². The van der Waals surface area contributed by atoms with Gasteiger partial charge in [0.1, 0.15) is 0 Å². The number of aromatic nitrogens is 4. The van der Waals surface area contributed by atoms with Crippen molar-refractivity contribution in [2.45, 2.75) is 33.1 Å². The molecule has 116 valence electrons. The summed E-state index contributed by atoms with van der Waals surface area (Å²) >= 11 is 0. The molecule has 1 atom stereocenters. The lowest BCUT2D eigenvalue weighted by Gasteiger charge is -2.32. The van der Waals surface area contributed by atoms with Crippen molar-refractivity contribution in [3.05, 3.63) is 30.0 Å². The number of aromatic amines is 1. The van der Waals surface area contributed by atoms with Crippen molar-refractivity contribution in [1.29, 1.82) is 0 Å².